The molecule has 7 nitrogen and oxygen atoms in total. The van der Waals surface area contributed by atoms with Crippen LogP contribution in [-0.2, 0) is 11.3 Å². The van der Waals surface area contributed by atoms with Crippen LogP contribution in [0.2, 0.25) is 0 Å². The molecule has 2 amide bonds. The first kappa shape index (κ1) is 20.6. The van der Waals surface area contributed by atoms with Crippen LogP contribution in [0.4, 0.5) is 10.5 Å². The lowest BCUT2D eigenvalue weighted by Crippen LogP contribution is -2.46. The summed E-state index contributed by atoms with van der Waals surface area (Å²) in [6, 6.07) is 11.9. The predicted octanol–water partition coefficient (Wildman–Crippen LogP) is 3.35. The van der Waals surface area contributed by atoms with Gasteiger partial charge in [0.15, 0.2) is 0 Å². The van der Waals surface area contributed by atoms with Gasteiger partial charge in [-0.15, -0.1) is 0 Å². The van der Waals surface area contributed by atoms with Crippen LogP contribution in [0, 0.1) is 6.92 Å². The maximum Gasteiger partial charge on any atom is 0.409 e. The number of rotatable bonds is 6. The molecule has 29 heavy (non-hydrogen) atoms. The number of piperidine rings is 1. The van der Waals surface area contributed by atoms with Gasteiger partial charge in [-0.25, -0.2) is 4.79 Å². The van der Waals surface area contributed by atoms with Crippen molar-refractivity contribution >= 4 is 17.7 Å². The van der Waals surface area contributed by atoms with Crippen molar-refractivity contribution in [2.75, 3.05) is 25.0 Å². The first-order valence-electron chi connectivity index (χ1n) is 10.0. The average molecular weight is 396 g/mol. The van der Waals surface area contributed by atoms with Gasteiger partial charge in [-0.2, -0.15) is 0 Å². The van der Waals surface area contributed by atoms with Crippen LogP contribution in [0.3, 0.4) is 0 Å². The molecule has 0 atom stereocenters. The Hall–Kier alpha value is -3.09. The third-order valence-electron chi connectivity index (χ3n) is 4.93. The zero-order valence-electron chi connectivity index (χ0n) is 17.0. The minimum atomic E-state index is -0.286. The van der Waals surface area contributed by atoms with Gasteiger partial charge in [0.25, 0.3) is 5.91 Å². The molecule has 1 aliphatic rings. The van der Waals surface area contributed by atoms with Gasteiger partial charge < -0.3 is 20.3 Å². The fraction of sp³-hybridized carbons (Fsp3) is 0.409. The zero-order chi connectivity index (χ0) is 20.6. The molecule has 0 bridgehead atoms. The lowest BCUT2D eigenvalue weighted by Gasteiger charge is -2.31. The lowest BCUT2D eigenvalue weighted by molar-refractivity contribution is 0.0856. The fourth-order valence-electron chi connectivity index (χ4n) is 3.37. The second-order valence-electron chi connectivity index (χ2n) is 7.21. The molecule has 1 saturated heterocycles. The molecule has 3 rings (SSSR count). The van der Waals surface area contributed by atoms with Crippen LogP contribution in [0.25, 0.3) is 0 Å². The van der Waals surface area contributed by atoms with Crippen molar-refractivity contribution in [3.05, 3.63) is 59.4 Å². The molecule has 2 heterocycles. The van der Waals surface area contributed by atoms with Crippen molar-refractivity contribution in [1.82, 2.24) is 15.2 Å². The molecule has 0 spiro atoms. The van der Waals surface area contributed by atoms with Crippen LogP contribution in [0.15, 0.2) is 42.6 Å². The summed E-state index contributed by atoms with van der Waals surface area (Å²) < 4.78 is 5.02. The number of hydrogen-bond donors (Lipinski definition) is 2. The van der Waals surface area contributed by atoms with E-state index in [1.165, 1.54) is 11.1 Å². The van der Waals surface area contributed by atoms with Crippen molar-refractivity contribution < 1.29 is 14.3 Å². The number of amides is 2. The van der Waals surface area contributed by atoms with E-state index in [0.717, 1.165) is 5.69 Å². The fourth-order valence-corrected chi connectivity index (χ4v) is 3.37. The molecule has 7 heteroatoms. The van der Waals surface area contributed by atoms with Crippen LogP contribution in [-0.4, -0.2) is 47.6 Å². The Labute approximate surface area is 171 Å². The Morgan fingerprint density at radius 2 is 2.00 bits per heavy atom. The summed E-state index contributed by atoms with van der Waals surface area (Å²) in [4.78, 5) is 30.2. The van der Waals surface area contributed by atoms with Gasteiger partial charge in [0.05, 0.1) is 6.61 Å². The van der Waals surface area contributed by atoms with E-state index < -0.39 is 0 Å². The maximum atomic E-state index is 12.6. The summed E-state index contributed by atoms with van der Waals surface area (Å²) in [6.07, 6.45) is 2.76. The Morgan fingerprint density at radius 1 is 1.21 bits per heavy atom. The van der Waals surface area contributed by atoms with Gasteiger partial charge in [0.2, 0.25) is 0 Å². The number of likely N-dealkylation sites (tertiary alicyclic amines) is 1. The second-order valence-corrected chi connectivity index (χ2v) is 7.21. The van der Waals surface area contributed by atoms with Crippen molar-refractivity contribution in [3.63, 3.8) is 0 Å². The zero-order valence-corrected chi connectivity index (χ0v) is 17.0. The van der Waals surface area contributed by atoms with Crippen molar-refractivity contribution in [2.45, 2.75) is 39.3 Å². The Morgan fingerprint density at radius 3 is 2.72 bits per heavy atom. The van der Waals surface area contributed by atoms with Crippen molar-refractivity contribution in [1.29, 1.82) is 0 Å². The number of carbonyl (C=O) groups is 2. The lowest BCUT2D eigenvalue weighted by atomic mass is 10.1. The van der Waals surface area contributed by atoms with Gasteiger partial charge in [-0.3, -0.25) is 9.78 Å². The summed E-state index contributed by atoms with van der Waals surface area (Å²) in [7, 11) is 0. The second kappa shape index (κ2) is 9.91. The number of nitrogens with one attached hydrogen (secondary N) is 2. The summed E-state index contributed by atoms with van der Waals surface area (Å²) in [6.45, 7) is 6.07. The van der Waals surface area contributed by atoms with E-state index in [4.69, 9.17) is 4.74 Å². The number of carbonyl (C=O) groups excluding carboxylic acids is 2. The van der Waals surface area contributed by atoms with Crippen LogP contribution >= 0.6 is 0 Å². The van der Waals surface area contributed by atoms with E-state index in [-0.39, 0.29) is 18.0 Å². The summed E-state index contributed by atoms with van der Waals surface area (Å²) in [5, 5.41) is 6.37. The molecule has 2 N–H and O–H groups in total. The van der Waals surface area contributed by atoms with E-state index in [9.17, 15) is 9.59 Å². The highest BCUT2D eigenvalue weighted by Crippen LogP contribution is 2.14. The number of nitrogens with zero attached hydrogens (tertiary/aromatic N) is 2. The predicted molar refractivity (Wildman–Crippen MR) is 112 cm³/mol. The largest absolute Gasteiger partial charge is 0.450 e. The third kappa shape index (κ3) is 5.94. The first-order chi connectivity index (χ1) is 14.0. The van der Waals surface area contributed by atoms with Gasteiger partial charge in [-0.05, 0) is 44.4 Å². The summed E-state index contributed by atoms with van der Waals surface area (Å²) in [5.74, 6) is -0.196. The van der Waals surface area contributed by atoms with E-state index >= 15 is 0 Å². The highest BCUT2D eigenvalue weighted by atomic mass is 16.6. The van der Waals surface area contributed by atoms with Crippen LogP contribution in [0.5, 0.6) is 0 Å². The molecule has 0 aliphatic carbocycles. The number of aromatic nitrogens is 1. The molecule has 0 radical (unpaired) electrons. The molecule has 1 fully saturated rings. The maximum absolute atomic E-state index is 12.6. The molecule has 154 valence electrons. The first-order valence-corrected chi connectivity index (χ1v) is 10.0. The molecule has 2 aromatic rings. The van der Waals surface area contributed by atoms with Crippen LogP contribution < -0.4 is 10.6 Å². The van der Waals surface area contributed by atoms with Gasteiger partial charge in [-0.1, -0.05) is 29.8 Å². The van der Waals surface area contributed by atoms with Crippen LogP contribution in [0.1, 0.15) is 41.4 Å². The standard InChI is InChI=1S/C22H28N4O3/c1-3-29-22(28)26-11-8-18(9-12-26)25-21(27)20-14-19(7-10-23-20)24-15-17-6-4-5-16(2)13-17/h4-7,10,13-14,18H,3,8-9,11-12,15H2,1-2H3,(H,23,24)(H,25,27). The molecule has 1 aliphatic heterocycles. The number of aryl methyl sites for hydroxylation is 1. The molecular weight excluding hydrogens is 368 g/mol. The normalized spacial score (nSPS) is 14.3. The smallest absolute Gasteiger partial charge is 0.409 e. The number of hydrogen-bond acceptors (Lipinski definition) is 5. The van der Waals surface area contributed by atoms with Crippen molar-refractivity contribution in [3.8, 4) is 0 Å². The highest BCUT2D eigenvalue weighted by molar-refractivity contribution is 5.93. The summed E-state index contributed by atoms with van der Waals surface area (Å²) in [5.41, 5.74) is 3.63. The molecule has 1 aromatic carbocycles. The van der Waals surface area contributed by atoms with Crippen molar-refractivity contribution in [2.24, 2.45) is 0 Å². The quantitative estimate of drug-likeness (QED) is 0.782. The van der Waals surface area contributed by atoms with E-state index in [1.807, 2.05) is 12.1 Å². The van der Waals surface area contributed by atoms with Gasteiger partial charge >= 0.3 is 6.09 Å². The average Bonchev–Trinajstić information content (AvgIpc) is 2.73. The monoisotopic (exact) mass is 396 g/mol. The third-order valence-corrected chi connectivity index (χ3v) is 4.93. The molecular formula is C22H28N4O3. The Balaban J connectivity index is 1.51. The summed E-state index contributed by atoms with van der Waals surface area (Å²) >= 11 is 0. The number of ether oxygens (including phenoxy) is 1. The number of benzene rings is 1. The Bertz CT molecular complexity index is 847. The van der Waals surface area contributed by atoms with Gasteiger partial charge in [0.1, 0.15) is 5.69 Å². The van der Waals surface area contributed by atoms with E-state index in [0.29, 0.717) is 44.8 Å². The minimum absolute atomic E-state index is 0.0267. The topological polar surface area (TPSA) is 83.6 Å². The minimum Gasteiger partial charge on any atom is -0.450 e. The number of pyridine rings is 1. The SMILES string of the molecule is CCOC(=O)N1CCC(NC(=O)c2cc(NCc3cccc(C)c3)ccn2)CC1. The van der Waals surface area contributed by atoms with E-state index in [2.05, 4.69) is 40.7 Å². The van der Waals surface area contributed by atoms with Gasteiger partial charge in [0, 0.05) is 37.6 Å². The van der Waals surface area contributed by atoms with E-state index in [1.54, 1.807) is 24.1 Å². The highest BCUT2D eigenvalue weighted by Gasteiger charge is 2.25. The molecule has 1 aromatic heterocycles. The molecule has 0 unspecified atom stereocenters. The molecule has 0 saturated carbocycles. The Kier molecular flexibility index (Phi) is 7.05. The number of anilines is 1.